The summed E-state index contributed by atoms with van der Waals surface area (Å²) in [7, 11) is 3.10. The van der Waals surface area contributed by atoms with E-state index in [4.69, 9.17) is 9.47 Å². The normalized spacial score (nSPS) is 14.5. The molecule has 0 unspecified atom stereocenters. The Morgan fingerprint density at radius 3 is 2.42 bits per heavy atom. The Labute approximate surface area is 210 Å². The molecule has 1 heterocycles. The highest BCUT2D eigenvalue weighted by molar-refractivity contribution is 14.0. The van der Waals surface area contributed by atoms with Gasteiger partial charge in [-0.3, -0.25) is 9.89 Å². The molecule has 0 bridgehead atoms. The third-order valence-electron chi connectivity index (χ3n) is 5.19. The topological polar surface area (TPSA) is 67.4 Å². The summed E-state index contributed by atoms with van der Waals surface area (Å²) in [5, 5.41) is 6.53. The monoisotopic (exact) mass is 576 g/mol. The van der Waals surface area contributed by atoms with Gasteiger partial charge in [0, 0.05) is 39.8 Å². The molecular weight excluding hydrogens is 545 g/mol. The molecule has 0 atom stereocenters. The van der Waals surface area contributed by atoms with Crippen LogP contribution in [-0.2, 0) is 24.4 Å². The minimum absolute atomic E-state index is 0. The van der Waals surface area contributed by atoms with E-state index in [2.05, 4.69) is 43.5 Å². The third kappa shape index (κ3) is 8.59. The average molecular weight is 576 g/mol. The second kappa shape index (κ2) is 14.2. The van der Waals surface area contributed by atoms with Crippen molar-refractivity contribution in [1.29, 1.82) is 0 Å². The van der Waals surface area contributed by atoms with Gasteiger partial charge in [-0.2, -0.15) is 8.78 Å². The molecule has 2 aromatic carbocycles. The molecule has 1 aliphatic heterocycles. The molecule has 1 aliphatic rings. The van der Waals surface area contributed by atoms with Gasteiger partial charge in [0.05, 0.1) is 20.3 Å². The highest BCUT2D eigenvalue weighted by Crippen LogP contribution is 2.29. The van der Waals surface area contributed by atoms with Crippen molar-refractivity contribution in [2.75, 3.05) is 40.5 Å². The number of rotatable bonds is 9. The highest BCUT2D eigenvalue weighted by atomic mass is 127. The smallest absolute Gasteiger partial charge is 0.387 e. The van der Waals surface area contributed by atoms with Crippen molar-refractivity contribution in [3.05, 3.63) is 59.2 Å². The standard InChI is InChI=1S/C23H30F2N4O3.HI/c1-26-23(27-14-17-7-8-20(30-2)21(13-17)32-22(24)25)28-15-18-5-3-4-6-19(18)16-29-9-11-31-12-10-29;/h3-8,13,22H,9-12,14-16H2,1-2H3,(H2,26,27,28);1H. The number of alkyl halides is 2. The number of guanidine groups is 1. The Bertz CT molecular complexity index is 896. The van der Waals surface area contributed by atoms with Crippen LogP contribution in [-0.4, -0.2) is 57.9 Å². The summed E-state index contributed by atoms with van der Waals surface area (Å²) in [6.07, 6.45) is 0. The van der Waals surface area contributed by atoms with Gasteiger partial charge in [0.1, 0.15) is 0 Å². The first-order valence-corrected chi connectivity index (χ1v) is 10.5. The van der Waals surface area contributed by atoms with E-state index in [1.54, 1.807) is 19.2 Å². The van der Waals surface area contributed by atoms with Crippen molar-refractivity contribution in [2.24, 2.45) is 4.99 Å². The summed E-state index contributed by atoms with van der Waals surface area (Å²) in [6.45, 7) is 2.37. The number of halogens is 3. The van der Waals surface area contributed by atoms with Gasteiger partial charge in [-0.1, -0.05) is 30.3 Å². The fourth-order valence-corrected chi connectivity index (χ4v) is 3.49. The van der Waals surface area contributed by atoms with E-state index < -0.39 is 6.61 Å². The SMILES string of the molecule is CN=C(NCc1ccc(OC)c(OC(F)F)c1)NCc1ccccc1CN1CCOCC1.I. The molecule has 0 spiro atoms. The number of nitrogens with one attached hydrogen (secondary N) is 2. The van der Waals surface area contributed by atoms with Crippen LogP contribution >= 0.6 is 24.0 Å². The molecule has 0 aliphatic carbocycles. The van der Waals surface area contributed by atoms with Crippen LogP contribution < -0.4 is 20.1 Å². The zero-order valence-electron chi connectivity index (χ0n) is 18.9. The Hall–Kier alpha value is -2.18. The molecular formula is C23H31F2IN4O3. The van der Waals surface area contributed by atoms with Crippen molar-refractivity contribution in [2.45, 2.75) is 26.2 Å². The Morgan fingerprint density at radius 1 is 1.06 bits per heavy atom. The zero-order valence-corrected chi connectivity index (χ0v) is 21.2. The van der Waals surface area contributed by atoms with E-state index in [1.165, 1.54) is 24.3 Å². The summed E-state index contributed by atoms with van der Waals surface area (Å²) < 4.78 is 40.4. The van der Waals surface area contributed by atoms with E-state index in [0.717, 1.165) is 38.4 Å². The fourth-order valence-electron chi connectivity index (χ4n) is 3.49. The summed E-state index contributed by atoms with van der Waals surface area (Å²) >= 11 is 0. The van der Waals surface area contributed by atoms with E-state index in [-0.39, 0.29) is 35.5 Å². The van der Waals surface area contributed by atoms with Crippen molar-refractivity contribution in [3.63, 3.8) is 0 Å². The first kappa shape index (κ1) is 27.1. The predicted octanol–water partition coefficient (Wildman–Crippen LogP) is 3.61. The third-order valence-corrected chi connectivity index (χ3v) is 5.19. The lowest BCUT2D eigenvalue weighted by Crippen LogP contribution is -2.37. The minimum Gasteiger partial charge on any atom is -0.493 e. The number of hydrogen-bond donors (Lipinski definition) is 2. The Kier molecular flexibility index (Phi) is 11.6. The van der Waals surface area contributed by atoms with Crippen LogP contribution in [0.1, 0.15) is 16.7 Å². The first-order valence-electron chi connectivity index (χ1n) is 10.5. The maximum Gasteiger partial charge on any atom is 0.387 e. The molecule has 1 saturated heterocycles. The first-order chi connectivity index (χ1) is 15.6. The van der Waals surface area contributed by atoms with Crippen LogP contribution in [0.4, 0.5) is 8.78 Å². The number of hydrogen-bond acceptors (Lipinski definition) is 5. The molecule has 0 amide bonds. The van der Waals surface area contributed by atoms with Crippen LogP contribution in [0.2, 0.25) is 0 Å². The summed E-state index contributed by atoms with van der Waals surface area (Å²) in [5.41, 5.74) is 3.22. The number of benzene rings is 2. The maximum atomic E-state index is 12.6. The van der Waals surface area contributed by atoms with E-state index >= 15 is 0 Å². The molecule has 7 nitrogen and oxygen atoms in total. The zero-order chi connectivity index (χ0) is 22.8. The van der Waals surface area contributed by atoms with Crippen LogP contribution in [0.15, 0.2) is 47.5 Å². The lowest BCUT2D eigenvalue weighted by molar-refractivity contribution is -0.0512. The van der Waals surface area contributed by atoms with Gasteiger partial charge in [-0.15, -0.1) is 24.0 Å². The van der Waals surface area contributed by atoms with Crippen LogP contribution in [0.5, 0.6) is 11.5 Å². The van der Waals surface area contributed by atoms with Crippen molar-refractivity contribution < 1.29 is 23.0 Å². The average Bonchev–Trinajstić information content (AvgIpc) is 2.80. The van der Waals surface area contributed by atoms with E-state index in [0.29, 0.717) is 19.0 Å². The fraction of sp³-hybridized carbons (Fsp3) is 0.435. The molecule has 0 saturated carbocycles. The highest BCUT2D eigenvalue weighted by Gasteiger charge is 2.14. The van der Waals surface area contributed by atoms with Gasteiger partial charge in [0.2, 0.25) is 0 Å². The lowest BCUT2D eigenvalue weighted by Gasteiger charge is -2.27. The second-order valence-electron chi connectivity index (χ2n) is 7.30. The van der Waals surface area contributed by atoms with Crippen molar-refractivity contribution in [3.8, 4) is 11.5 Å². The number of methoxy groups -OCH3 is 1. The van der Waals surface area contributed by atoms with Gasteiger partial charge in [0.15, 0.2) is 17.5 Å². The maximum absolute atomic E-state index is 12.6. The number of aliphatic imine (C=N–C) groups is 1. The summed E-state index contributed by atoms with van der Waals surface area (Å²) in [6, 6.07) is 13.2. The molecule has 182 valence electrons. The van der Waals surface area contributed by atoms with Crippen molar-refractivity contribution in [1.82, 2.24) is 15.5 Å². The minimum atomic E-state index is -2.92. The molecule has 0 aromatic heterocycles. The molecule has 2 N–H and O–H groups in total. The van der Waals surface area contributed by atoms with Crippen LogP contribution in [0.3, 0.4) is 0 Å². The van der Waals surface area contributed by atoms with Gasteiger partial charge in [0.25, 0.3) is 0 Å². The van der Waals surface area contributed by atoms with E-state index in [1.807, 2.05) is 6.07 Å². The van der Waals surface area contributed by atoms with Crippen LogP contribution in [0.25, 0.3) is 0 Å². The van der Waals surface area contributed by atoms with Gasteiger partial charge in [-0.25, -0.2) is 0 Å². The van der Waals surface area contributed by atoms with Gasteiger partial charge in [-0.05, 0) is 28.8 Å². The second-order valence-corrected chi connectivity index (χ2v) is 7.30. The van der Waals surface area contributed by atoms with Gasteiger partial charge < -0.3 is 24.8 Å². The molecule has 10 heteroatoms. The van der Waals surface area contributed by atoms with E-state index in [9.17, 15) is 8.78 Å². The summed E-state index contributed by atoms with van der Waals surface area (Å²) in [5.74, 6) is 0.869. The summed E-state index contributed by atoms with van der Waals surface area (Å²) in [4.78, 5) is 6.65. The van der Waals surface area contributed by atoms with Crippen LogP contribution in [0, 0.1) is 0 Å². The molecule has 33 heavy (non-hydrogen) atoms. The Morgan fingerprint density at radius 2 is 1.76 bits per heavy atom. The molecule has 2 aromatic rings. The Balaban J connectivity index is 0.00000385. The number of morpholine rings is 1. The molecule has 0 radical (unpaired) electrons. The quantitative estimate of drug-likeness (QED) is 0.270. The molecule has 1 fully saturated rings. The number of ether oxygens (including phenoxy) is 3. The molecule has 3 rings (SSSR count). The largest absolute Gasteiger partial charge is 0.493 e. The predicted molar refractivity (Wildman–Crippen MR) is 135 cm³/mol. The van der Waals surface area contributed by atoms with Gasteiger partial charge >= 0.3 is 6.61 Å². The van der Waals surface area contributed by atoms with Crippen molar-refractivity contribution >= 4 is 29.9 Å². The lowest BCUT2D eigenvalue weighted by atomic mass is 10.1. The number of nitrogens with zero attached hydrogens (tertiary/aromatic N) is 2.